The fourth-order valence-electron chi connectivity index (χ4n) is 9.81. The van der Waals surface area contributed by atoms with Gasteiger partial charge in [-0.3, -0.25) is 4.90 Å². The van der Waals surface area contributed by atoms with Gasteiger partial charge in [0.15, 0.2) is 5.82 Å². The second kappa shape index (κ2) is 13.3. The van der Waals surface area contributed by atoms with E-state index in [0.29, 0.717) is 80.0 Å². The number of carbonyl (C=O) groups excluding carboxylic acids is 1. The Morgan fingerprint density at radius 3 is 2.84 bits per heavy atom. The number of halogens is 2. The van der Waals surface area contributed by atoms with Gasteiger partial charge >= 0.3 is 12.1 Å². The third kappa shape index (κ3) is 5.66. The van der Waals surface area contributed by atoms with Gasteiger partial charge in [-0.05, 0) is 43.6 Å². The van der Waals surface area contributed by atoms with Crippen LogP contribution in [-0.2, 0) is 9.47 Å². The number of amides is 1. The number of hydrogen-bond donors (Lipinski definition) is 1. The van der Waals surface area contributed by atoms with Gasteiger partial charge in [0.25, 0.3) is 0 Å². The number of nitrogens with zero attached hydrogens (tertiary/aromatic N) is 6. The minimum absolute atomic E-state index is 0.00340. The van der Waals surface area contributed by atoms with Gasteiger partial charge in [0, 0.05) is 55.3 Å². The van der Waals surface area contributed by atoms with E-state index in [4.69, 9.17) is 40.3 Å². The predicted octanol–water partition coefficient (Wildman–Crippen LogP) is 4.82. The molecule has 6 aliphatic heterocycles. The lowest BCUT2D eigenvalue weighted by molar-refractivity contribution is 0.0139. The lowest BCUT2D eigenvalue weighted by Crippen LogP contribution is -2.60. The monoisotopic (exact) mass is 749 g/mol. The van der Waals surface area contributed by atoms with Crippen molar-refractivity contribution in [2.75, 3.05) is 64.1 Å². The summed E-state index contributed by atoms with van der Waals surface area (Å²) in [5.41, 5.74) is 0.976. The van der Waals surface area contributed by atoms with Crippen LogP contribution in [0.1, 0.15) is 37.7 Å². The number of carbonyl (C=O) groups is 1. The van der Waals surface area contributed by atoms with Crippen LogP contribution in [0, 0.1) is 24.0 Å². The average molecular weight is 750 g/mol. The highest BCUT2D eigenvalue weighted by Gasteiger charge is 2.52. The van der Waals surface area contributed by atoms with Gasteiger partial charge in [0.1, 0.15) is 48.1 Å². The summed E-state index contributed by atoms with van der Waals surface area (Å²) in [6.07, 6.45) is 9.80. The van der Waals surface area contributed by atoms with Crippen molar-refractivity contribution in [3.8, 4) is 35.5 Å². The molecule has 2 aromatic carbocycles. The quantitative estimate of drug-likeness (QED) is 0.216. The molecule has 0 radical (unpaired) electrons. The van der Waals surface area contributed by atoms with Crippen molar-refractivity contribution in [1.29, 1.82) is 0 Å². The smallest absolute Gasteiger partial charge is 0.409 e. The van der Waals surface area contributed by atoms with E-state index in [1.807, 2.05) is 0 Å². The Labute approximate surface area is 316 Å². The molecule has 2 bridgehead atoms. The molecular formula is C41H41F2N7O5. The van der Waals surface area contributed by atoms with Crippen LogP contribution in [0.5, 0.6) is 11.9 Å². The summed E-state index contributed by atoms with van der Waals surface area (Å²) in [4.78, 5) is 33.6. The fraction of sp³-hybridized carbons (Fsp3) is 0.463. The number of anilines is 1. The van der Waals surface area contributed by atoms with Crippen LogP contribution in [0.25, 0.3) is 32.9 Å². The van der Waals surface area contributed by atoms with Crippen LogP contribution in [0.15, 0.2) is 42.5 Å². The minimum Gasteiger partial charge on any atom is -0.475 e. The molecule has 2 aromatic heterocycles. The minimum atomic E-state index is -0.704. The third-order valence-electron chi connectivity index (χ3n) is 12.4. The Kier molecular flexibility index (Phi) is 8.31. The molecule has 5 atom stereocenters. The van der Waals surface area contributed by atoms with E-state index < -0.39 is 17.2 Å². The van der Waals surface area contributed by atoms with Crippen molar-refractivity contribution in [3.63, 3.8) is 0 Å². The molecule has 6 aliphatic rings. The van der Waals surface area contributed by atoms with E-state index in [1.54, 1.807) is 29.2 Å². The number of pyridine rings is 1. The first-order chi connectivity index (χ1) is 26.8. The highest BCUT2D eigenvalue weighted by molar-refractivity contribution is 6.03. The van der Waals surface area contributed by atoms with Crippen molar-refractivity contribution < 1.29 is 32.5 Å². The molecule has 5 saturated heterocycles. The first kappa shape index (κ1) is 34.4. The molecule has 8 heterocycles. The predicted molar refractivity (Wildman–Crippen MR) is 200 cm³/mol. The Morgan fingerprint density at radius 1 is 1.11 bits per heavy atom. The van der Waals surface area contributed by atoms with Crippen LogP contribution in [0.4, 0.5) is 19.4 Å². The standard InChI is InChI=1S/C41H41F2N7O5/c1-3-27-29(42)9-7-24-5-4-6-28(32(24)27)35-34(43)36-33-37(49-19-25-8-10-30(44-25)31(49)21-53-38(33)45-35)47-39(46-36)55-22-41-12-11-26(50(41)18-23(2)17-41)20-54-40(51)48-13-15-52-16-14-48/h1,4-7,9,25-26,30-31,44H,2,8,10-22H2. The number of terminal acetylenes is 1. The van der Waals surface area contributed by atoms with Crippen molar-refractivity contribution in [3.05, 3.63) is 59.7 Å². The van der Waals surface area contributed by atoms with Crippen LogP contribution in [0.2, 0.25) is 0 Å². The number of nitrogens with one attached hydrogen (secondary N) is 1. The summed E-state index contributed by atoms with van der Waals surface area (Å²) >= 11 is 0. The molecular weight excluding hydrogens is 708 g/mol. The third-order valence-corrected chi connectivity index (χ3v) is 12.4. The van der Waals surface area contributed by atoms with Gasteiger partial charge in [-0.1, -0.05) is 42.3 Å². The zero-order valence-corrected chi connectivity index (χ0v) is 30.4. The molecule has 1 N–H and O–H groups in total. The van der Waals surface area contributed by atoms with Gasteiger partial charge in [0.05, 0.1) is 30.4 Å². The molecule has 0 saturated carbocycles. The largest absolute Gasteiger partial charge is 0.475 e. The summed E-state index contributed by atoms with van der Waals surface area (Å²) in [7, 11) is 0. The molecule has 55 heavy (non-hydrogen) atoms. The zero-order valence-electron chi connectivity index (χ0n) is 30.4. The second-order valence-corrected chi connectivity index (χ2v) is 15.6. The van der Waals surface area contributed by atoms with Crippen LogP contribution < -0.4 is 19.7 Å². The second-order valence-electron chi connectivity index (χ2n) is 15.6. The van der Waals surface area contributed by atoms with Crippen LogP contribution >= 0.6 is 0 Å². The fourth-order valence-corrected chi connectivity index (χ4v) is 9.81. The van der Waals surface area contributed by atoms with Gasteiger partial charge in [-0.2, -0.15) is 9.97 Å². The Hall–Kier alpha value is -5.10. The lowest BCUT2D eigenvalue weighted by atomic mass is 9.94. The van der Waals surface area contributed by atoms with Crippen molar-refractivity contribution in [2.45, 2.75) is 61.8 Å². The molecule has 0 spiro atoms. The van der Waals surface area contributed by atoms with E-state index in [-0.39, 0.29) is 72.1 Å². The molecule has 0 aliphatic carbocycles. The summed E-state index contributed by atoms with van der Waals surface area (Å²) in [5, 5.41) is 5.12. The van der Waals surface area contributed by atoms with Crippen molar-refractivity contribution >= 4 is 33.6 Å². The van der Waals surface area contributed by atoms with E-state index in [1.165, 1.54) is 6.07 Å². The number of aromatic nitrogens is 3. The maximum atomic E-state index is 17.3. The van der Waals surface area contributed by atoms with E-state index >= 15 is 8.78 Å². The number of rotatable bonds is 6. The van der Waals surface area contributed by atoms with E-state index in [9.17, 15) is 4.79 Å². The summed E-state index contributed by atoms with van der Waals surface area (Å²) in [6, 6.07) is 8.57. The van der Waals surface area contributed by atoms with Gasteiger partial charge < -0.3 is 34.1 Å². The van der Waals surface area contributed by atoms with Gasteiger partial charge in [0.2, 0.25) is 5.88 Å². The number of benzene rings is 2. The normalized spacial score (nSPS) is 27.1. The number of ether oxygens (including phenoxy) is 4. The van der Waals surface area contributed by atoms with Crippen molar-refractivity contribution in [1.82, 2.24) is 30.1 Å². The molecule has 14 heteroatoms. The zero-order chi connectivity index (χ0) is 37.4. The maximum Gasteiger partial charge on any atom is 0.409 e. The van der Waals surface area contributed by atoms with E-state index in [2.05, 4.69) is 27.6 Å². The van der Waals surface area contributed by atoms with Crippen LogP contribution in [-0.4, -0.2) is 120 Å². The molecule has 10 rings (SSSR count). The molecule has 1 amide bonds. The number of fused-ring (bicyclic) bond motifs is 7. The Balaban J connectivity index is 1.02. The topological polar surface area (TPSA) is 114 Å². The van der Waals surface area contributed by atoms with Gasteiger partial charge in [-0.15, -0.1) is 6.42 Å². The molecule has 12 nitrogen and oxygen atoms in total. The van der Waals surface area contributed by atoms with E-state index in [0.717, 1.165) is 31.3 Å². The Morgan fingerprint density at radius 2 is 1.98 bits per heavy atom. The summed E-state index contributed by atoms with van der Waals surface area (Å²) in [5.74, 6) is 1.90. The molecule has 5 fully saturated rings. The SMILES string of the molecule is C#Cc1c(F)ccc2cccc(-c3nc4c5c(nc(OCC67CCC(COC(=O)N8CCOCC8)N6CC(=C)C7)nc5c3F)N3CC5CCC(N5)C3CO4)c12. The highest BCUT2D eigenvalue weighted by atomic mass is 19.1. The van der Waals surface area contributed by atoms with Gasteiger partial charge in [-0.25, -0.2) is 18.6 Å². The van der Waals surface area contributed by atoms with Crippen LogP contribution in [0.3, 0.4) is 0 Å². The van der Waals surface area contributed by atoms with Crippen molar-refractivity contribution in [2.24, 2.45) is 0 Å². The number of hydrogen-bond acceptors (Lipinski definition) is 11. The molecule has 5 unspecified atom stereocenters. The summed E-state index contributed by atoms with van der Waals surface area (Å²) < 4.78 is 56.5. The Bertz CT molecular complexity index is 2300. The maximum absolute atomic E-state index is 17.3. The highest BCUT2D eigenvalue weighted by Crippen LogP contribution is 2.46. The average Bonchev–Trinajstić information content (AvgIpc) is 3.82. The lowest BCUT2D eigenvalue weighted by Gasteiger charge is -2.40. The molecule has 4 aromatic rings. The first-order valence-corrected chi connectivity index (χ1v) is 19.1. The number of piperazine rings is 1. The summed E-state index contributed by atoms with van der Waals surface area (Å²) in [6.45, 7) is 8.49. The number of morpholine rings is 1. The first-order valence-electron chi connectivity index (χ1n) is 19.1. The molecule has 284 valence electrons.